The molecule has 0 spiro atoms. The summed E-state index contributed by atoms with van der Waals surface area (Å²) in [7, 11) is 0. The Hall–Kier alpha value is -0.900. The number of aromatic nitrogens is 1. The average molecular weight is 199 g/mol. The molecule has 0 fully saturated rings. The Kier molecular flexibility index (Phi) is 3.03. The van der Waals surface area contributed by atoms with Crippen LogP contribution in [0.3, 0.4) is 0 Å². The number of hydrogen-bond donors (Lipinski definition) is 1. The molecular formula is C9H13NO2S. The van der Waals surface area contributed by atoms with Crippen molar-refractivity contribution in [1.29, 1.82) is 0 Å². The third-order valence-electron chi connectivity index (χ3n) is 2.23. The Labute approximate surface area is 81.4 Å². The van der Waals surface area contributed by atoms with Crippen molar-refractivity contribution in [3.05, 3.63) is 16.1 Å². The van der Waals surface area contributed by atoms with Gasteiger partial charge in [-0.3, -0.25) is 4.79 Å². The van der Waals surface area contributed by atoms with Crippen LogP contribution in [-0.2, 0) is 4.79 Å². The average Bonchev–Trinajstić information content (AvgIpc) is 2.49. The molecule has 0 aromatic carbocycles. The zero-order valence-corrected chi connectivity index (χ0v) is 8.76. The standard InChI is InChI=1S/C9H13NO2S/c1-5(6(2)9(11)12)8-4-10-7(3)13-8/h4-6H,1-3H3,(H,11,12). The van der Waals surface area contributed by atoms with Gasteiger partial charge in [-0.05, 0) is 6.92 Å². The first-order chi connectivity index (χ1) is 6.02. The minimum Gasteiger partial charge on any atom is -0.481 e. The third-order valence-corrected chi connectivity index (χ3v) is 3.34. The van der Waals surface area contributed by atoms with Crippen molar-refractivity contribution in [2.45, 2.75) is 26.7 Å². The summed E-state index contributed by atoms with van der Waals surface area (Å²) in [5, 5.41) is 9.79. The molecule has 0 aliphatic heterocycles. The maximum absolute atomic E-state index is 10.7. The van der Waals surface area contributed by atoms with E-state index in [1.807, 2.05) is 13.8 Å². The van der Waals surface area contributed by atoms with E-state index in [0.717, 1.165) is 9.88 Å². The Balaban J connectivity index is 2.78. The van der Waals surface area contributed by atoms with Crippen LogP contribution in [0, 0.1) is 12.8 Å². The topological polar surface area (TPSA) is 50.2 Å². The molecule has 1 rings (SSSR count). The van der Waals surface area contributed by atoms with Gasteiger partial charge in [0, 0.05) is 17.0 Å². The highest BCUT2D eigenvalue weighted by Crippen LogP contribution is 2.28. The minimum absolute atomic E-state index is 0.0451. The van der Waals surface area contributed by atoms with Crippen LogP contribution in [0.1, 0.15) is 29.7 Å². The van der Waals surface area contributed by atoms with Crippen LogP contribution in [0.5, 0.6) is 0 Å². The van der Waals surface area contributed by atoms with E-state index >= 15 is 0 Å². The maximum atomic E-state index is 10.7. The number of aliphatic carboxylic acids is 1. The summed E-state index contributed by atoms with van der Waals surface area (Å²) in [6.45, 7) is 5.57. The summed E-state index contributed by atoms with van der Waals surface area (Å²) in [6.07, 6.45) is 1.77. The second-order valence-electron chi connectivity index (χ2n) is 3.20. The van der Waals surface area contributed by atoms with Gasteiger partial charge in [-0.25, -0.2) is 4.98 Å². The molecule has 4 heteroatoms. The van der Waals surface area contributed by atoms with Gasteiger partial charge in [0.15, 0.2) is 0 Å². The van der Waals surface area contributed by atoms with Gasteiger partial charge in [0.2, 0.25) is 0 Å². The van der Waals surface area contributed by atoms with Crippen molar-refractivity contribution < 1.29 is 9.90 Å². The Morgan fingerprint density at radius 3 is 2.62 bits per heavy atom. The van der Waals surface area contributed by atoms with Crippen molar-refractivity contribution in [2.75, 3.05) is 0 Å². The zero-order chi connectivity index (χ0) is 10.0. The lowest BCUT2D eigenvalue weighted by Crippen LogP contribution is -2.15. The number of carboxylic acid groups (broad SMARTS) is 1. The van der Waals surface area contributed by atoms with Gasteiger partial charge in [-0.2, -0.15) is 0 Å². The molecule has 0 aliphatic carbocycles. The summed E-state index contributed by atoms with van der Waals surface area (Å²) in [6, 6.07) is 0. The third kappa shape index (κ3) is 2.28. The van der Waals surface area contributed by atoms with Crippen LogP contribution in [-0.4, -0.2) is 16.1 Å². The molecule has 0 saturated carbocycles. The van der Waals surface area contributed by atoms with Gasteiger partial charge in [0.05, 0.1) is 10.9 Å². The summed E-state index contributed by atoms with van der Waals surface area (Å²) in [4.78, 5) is 15.9. The monoisotopic (exact) mass is 199 g/mol. The van der Waals surface area contributed by atoms with Crippen molar-refractivity contribution in [2.24, 2.45) is 5.92 Å². The lowest BCUT2D eigenvalue weighted by atomic mass is 9.95. The zero-order valence-electron chi connectivity index (χ0n) is 7.94. The summed E-state index contributed by atoms with van der Waals surface area (Å²) in [5.41, 5.74) is 0. The molecule has 1 N–H and O–H groups in total. The van der Waals surface area contributed by atoms with E-state index in [9.17, 15) is 4.79 Å². The molecule has 2 unspecified atom stereocenters. The fourth-order valence-electron chi connectivity index (χ4n) is 1.05. The summed E-state index contributed by atoms with van der Waals surface area (Å²) in [5.74, 6) is -1.05. The molecule has 0 amide bonds. The van der Waals surface area contributed by atoms with Crippen LogP contribution in [0.2, 0.25) is 0 Å². The van der Waals surface area contributed by atoms with Gasteiger partial charge in [0.1, 0.15) is 0 Å². The van der Waals surface area contributed by atoms with Crippen LogP contribution < -0.4 is 0 Å². The van der Waals surface area contributed by atoms with Crippen LogP contribution in [0.4, 0.5) is 0 Å². The van der Waals surface area contributed by atoms with Crippen LogP contribution in [0.25, 0.3) is 0 Å². The Bertz CT molecular complexity index is 308. The smallest absolute Gasteiger partial charge is 0.306 e. The maximum Gasteiger partial charge on any atom is 0.306 e. The van der Waals surface area contributed by atoms with Crippen molar-refractivity contribution in [3.63, 3.8) is 0 Å². The Morgan fingerprint density at radius 1 is 1.62 bits per heavy atom. The SMILES string of the molecule is Cc1ncc(C(C)C(C)C(=O)O)s1. The number of hydrogen-bond acceptors (Lipinski definition) is 3. The first-order valence-corrected chi connectivity index (χ1v) is 4.99. The van der Waals surface area contributed by atoms with Gasteiger partial charge < -0.3 is 5.11 Å². The van der Waals surface area contributed by atoms with Gasteiger partial charge >= 0.3 is 5.97 Å². The van der Waals surface area contributed by atoms with E-state index in [4.69, 9.17) is 5.11 Å². The molecule has 0 aliphatic rings. The van der Waals surface area contributed by atoms with Gasteiger partial charge in [0.25, 0.3) is 0 Å². The molecule has 1 aromatic heterocycles. The first kappa shape index (κ1) is 10.2. The lowest BCUT2D eigenvalue weighted by Gasteiger charge is -2.12. The molecule has 72 valence electrons. The van der Waals surface area contributed by atoms with E-state index in [2.05, 4.69) is 4.98 Å². The highest BCUT2D eigenvalue weighted by Gasteiger charge is 2.22. The predicted molar refractivity (Wildman–Crippen MR) is 52.1 cm³/mol. The molecule has 2 atom stereocenters. The van der Waals surface area contributed by atoms with E-state index in [1.54, 1.807) is 24.5 Å². The number of carbonyl (C=O) groups is 1. The molecule has 1 aromatic rings. The number of thiazole rings is 1. The number of nitrogens with zero attached hydrogens (tertiary/aromatic N) is 1. The molecule has 0 radical (unpaired) electrons. The first-order valence-electron chi connectivity index (χ1n) is 4.17. The van der Waals surface area contributed by atoms with Gasteiger partial charge in [-0.1, -0.05) is 13.8 Å². The molecular weight excluding hydrogens is 186 g/mol. The fourth-order valence-corrected chi connectivity index (χ4v) is 1.99. The quantitative estimate of drug-likeness (QED) is 0.812. The van der Waals surface area contributed by atoms with Gasteiger partial charge in [-0.15, -0.1) is 11.3 Å². The largest absolute Gasteiger partial charge is 0.481 e. The summed E-state index contributed by atoms with van der Waals surface area (Å²) < 4.78 is 0. The molecule has 1 heterocycles. The second-order valence-corrected chi connectivity index (χ2v) is 4.46. The highest BCUT2D eigenvalue weighted by atomic mass is 32.1. The van der Waals surface area contributed by atoms with E-state index in [1.165, 1.54) is 0 Å². The van der Waals surface area contributed by atoms with E-state index in [0.29, 0.717) is 0 Å². The minimum atomic E-state index is -0.751. The molecule has 0 saturated heterocycles. The molecule has 13 heavy (non-hydrogen) atoms. The van der Waals surface area contributed by atoms with Crippen molar-refractivity contribution in [3.8, 4) is 0 Å². The molecule has 0 bridgehead atoms. The number of aryl methyl sites for hydroxylation is 1. The van der Waals surface area contributed by atoms with Crippen LogP contribution in [0.15, 0.2) is 6.20 Å². The number of carboxylic acids is 1. The van der Waals surface area contributed by atoms with Crippen LogP contribution >= 0.6 is 11.3 Å². The Morgan fingerprint density at radius 2 is 2.23 bits per heavy atom. The number of rotatable bonds is 3. The normalized spacial score (nSPS) is 15.3. The molecule has 3 nitrogen and oxygen atoms in total. The van der Waals surface area contributed by atoms with E-state index < -0.39 is 5.97 Å². The van der Waals surface area contributed by atoms with Crippen molar-refractivity contribution in [1.82, 2.24) is 4.98 Å². The van der Waals surface area contributed by atoms with E-state index in [-0.39, 0.29) is 11.8 Å². The highest BCUT2D eigenvalue weighted by molar-refractivity contribution is 7.11. The lowest BCUT2D eigenvalue weighted by molar-refractivity contribution is -0.141. The second kappa shape index (κ2) is 3.87. The predicted octanol–water partition coefficient (Wildman–Crippen LogP) is 2.28. The fraction of sp³-hybridized carbons (Fsp3) is 0.556. The summed E-state index contributed by atoms with van der Waals surface area (Å²) >= 11 is 1.57. The van der Waals surface area contributed by atoms with Crippen molar-refractivity contribution >= 4 is 17.3 Å².